The molecule has 10 heteroatoms. The molecule has 4 atom stereocenters. The maximum atomic E-state index is 13.5. The summed E-state index contributed by atoms with van der Waals surface area (Å²) >= 11 is 0. The summed E-state index contributed by atoms with van der Waals surface area (Å²) < 4.78 is 5.17. The molecule has 0 aliphatic heterocycles. The van der Waals surface area contributed by atoms with Crippen molar-refractivity contribution < 1.29 is 19.1 Å². The number of amides is 2. The lowest BCUT2D eigenvalue weighted by Crippen LogP contribution is -2.55. The first-order chi connectivity index (χ1) is 18.2. The molecule has 10 nitrogen and oxygen atoms in total. The number of benzene rings is 1. The molecule has 0 heterocycles. The zero-order valence-electron chi connectivity index (χ0n) is 22.9. The largest absolute Gasteiger partial charge is 0.464 e. The number of carbonyl (C=O) groups excluding carboxylic acids is 3. The van der Waals surface area contributed by atoms with Gasteiger partial charge in [-0.25, -0.2) is 4.79 Å². The monoisotopic (exact) mass is 530 g/mol. The molecule has 8 N–H and O–H groups in total. The van der Waals surface area contributed by atoms with Crippen molar-refractivity contribution in [1.29, 1.82) is 0 Å². The van der Waals surface area contributed by atoms with E-state index in [4.69, 9.17) is 21.9 Å². The molecule has 0 radical (unpaired) electrons. The van der Waals surface area contributed by atoms with E-state index in [9.17, 15) is 14.4 Å². The highest BCUT2D eigenvalue weighted by molar-refractivity contribution is 5.92. The first-order valence-corrected chi connectivity index (χ1v) is 13.8. The lowest BCUT2D eigenvalue weighted by molar-refractivity contribution is -0.148. The molecule has 0 aromatic heterocycles. The van der Waals surface area contributed by atoms with Crippen LogP contribution >= 0.6 is 0 Å². The van der Waals surface area contributed by atoms with Crippen molar-refractivity contribution in [2.45, 2.75) is 95.7 Å². The fourth-order valence-electron chi connectivity index (χ4n) is 4.94. The average Bonchev–Trinajstić information content (AvgIpc) is 2.90. The van der Waals surface area contributed by atoms with Gasteiger partial charge >= 0.3 is 5.97 Å². The topological polar surface area (TPSA) is 175 Å². The Morgan fingerprint density at radius 3 is 2.32 bits per heavy atom. The van der Waals surface area contributed by atoms with Crippen molar-refractivity contribution in [2.75, 3.05) is 13.2 Å². The van der Waals surface area contributed by atoms with E-state index in [0.29, 0.717) is 31.7 Å². The van der Waals surface area contributed by atoms with Crippen molar-refractivity contribution in [1.82, 2.24) is 10.6 Å². The molecule has 2 amide bonds. The minimum Gasteiger partial charge on any atom is -0.464 e. The summed E-state index contributed by atoms with van der Waals surface area (Å²) in [5.74, 6) is -0.977. The van der Waals surface area contributed by atoms with E-state index in [0.717, 1.165) is 31.2 Å². The van der Waals surface area contributed by atoms with E-state index in [2.05, 4.69) is 15.6 Å². The summed E-state index contributed by atoms with van der Waals surface area (Å²) in [4.78, 5) is 43.1. The van der Waals surface area contributed by atoms with Gasteiger partial charge in [0.2, 0.25) is 11.8 Å². The number of rotatable bonds is 15. The molecule has 1 fully saturated rings. The van der Waals surface area contributed by atoms with Crippen LogP contribution in [0.2, 0.25) is 0 Å². The molecular formula is C28H46N6O4. The minimum absolute atomic E-state index is 0.0234. The molecule has 1 aromatic rings. The fourth-order valence-corrected chi connectivity index (χ4v) is 4.94. The standard InChI is InChI=1S/C28H46N6O4/c1-3-38-27(37)23(15-10-16-32-28(30)31)33-26(36)24(17-19(2)21-13-8-5-9-14-21)34-25(35)22(29)18-20-11-6-4-7-12-20/h5,8-9,13-14,19-20,22-24H,3-4,6-7,10-12,15-18,29H2,1-2H3,(H,33,36)(H,34,35)(H4,30,31,32)/t19?,22-,23+,24+/m1/s1. The van der Waals surface area contributed by atoms with Gasteiger partial charge in [0.1, 0.15) is 12.1 Å². The van der Waals surface area contributed by atoms with Gasteiger partial charge in [-0.1, -0.05) is 69.4 Å². The van der Waals surface area contributed by atoms with Crippen LogP contribution in [0, 0.1) is 5.92 Å². The zero-order chi connectivity index (χ0) is 27.9. The Morgan fingerprint density at radius 1 is 1.03 bits per heavy atom. The van der Waals surface area contributed by atoms with Crippen LogP contribution in [-0.2, 0) is 19.1 Å². The van der Waals surface area contributed by atoms with Crippen molar-refractivity contribution >= 4 is 23.7 Å². The van der Waals surface area contributed by atoms with Crippen LogP contribution in [0.4, 0.5) is 0 Å². The van der Waals surface area contributed by atoms with Crippen LogP contribution in [0.5, 0.6) is 0 Å². The number of hydrogen-bond acceptors (Lipinski definition) is 6. The van der Waals surface area contributed by atoms with Gasteiger partial charge in [-0.3, -0.25) is 14.6 Å². The van der Waals surface area contributed by atoms with Gasteiger partial charge in [-0.2, -0.15) is 0 Å². The quantitative estimate of drug-likeness (QED) is 0.0998. The third-order valence-electron chi connectivity index (χ3n) is 7.07. The van der Waals surface area contributed by atoms with Gasteiger partial charge in [0.25, 0.3) is 0 Å². The van der Waals surface area contributed by atoms with Crippen LogP contribution < -0.4 is 27.8 Å². The number of nitrogens with zero attached hydrogens (tertiary/aromatic N) is 1. The molecule has 1 aromatic carbocycles. The highest BCUT2D eigenvalue weighted by Gasteiger charge is 2.31. The summed E-state index contributed by atoms with van der Waals surface area (Å²) in [6.45, 7) is 4.20. The number of ether oxygens (including phenoxy) is 1. The summed E-state index contributed by atoms with van der Waals surface area (Å²) in [6.07, 6.45) is 7.42. The van der Waals surface area contributed by atoms with Gasteiger partial charge in [0.05, 0.1) is 12.6 Å². The van der Waals surface area contributed by atoms with Crippen LogP contribution in [0.15, 0.2) is 35.3 Å². The second-order valence-electron chi connectivity index (χ2n) is 10.2. The Bertz CT molecular complexity index is 900. The fraction of sp³-hybridized carbons (Fsp3) is 0.643. The Hall–Kier alpha value is -3.14. The van der Waals surface area contributed by atoms with Gasteiger partial charge in [0, 0.05) is 6.54 Å². The van der Waals surface area contributed by atoms with Gasteiger partial charge < -0.3 is 32.6 Å². The predicted octanol–water partition coefficient (Wildman–Crippen LogP) is 2.06. The van der Waals surface area contributed by atoms with E-state index in [1.165, 1.54) is 6.42 Å². The number of aliphatic imine (C=N–C) groups is 1. The number of hydrogen-bond donors (Lipinski definition) is 5. The van der Waals surface area contributed by atoms with Crippen molar-refractivity contribution in [3.8, 4) is 0 Å². The normalized spacial score (nSPS) is 16.9. The molecule has 0 bridgehead atoms. The summed E-state index contributed by atoms with van der Waals surface area (Å²) in [5.41, 5.74) is 18.1. The maximum Gasteiger partial charge on any atom is 0.328 e. The first-order valence-electron chi connectivity index (χ1n) is 13.8. The number of nitrogens with two attached hydrogens (primary N) is 3. The maximum absolute atomic E-state index is 13.5. The smallest absolute Gasteiger partial charge is 0.328 e. The molecule has 1 saturated carbocycles. The summed E-state index contributed by atoms with van der Waals surface area (Å²) in [5, 5.41) is 5.67. The van der Waals surface area contributed by atoms with Gasteiger partial charge in [-0.05, 0) is 50.0 Å². The van der Waals surface area contributed by atoms with Crippen molar-refractivity contribution in [3.63, 3.8) is 0 Å². The third kappa shape index (κ3) is 11.1. The molecule has 0 spiro atoms. The van der Waals surface area contributed by atoms with Crippen LogP contribution in [-0.4, -0.2) is 55.0 Å². The third-order valence-corrected chi connectivity index (χ3v) is 7.07. The van der Waals surface area contributed by atoms with Crippen molar-refractivity contribution in [2.24, 2.45) is 28.1 Å². The molecule has 1 unspecified atom stereocenters. The van der Waals surface area contributed by atoms with Gasteiger partial charge in [0.15, 0.2) is 5.96 Å². The summed E-state index contributed by atoms with van der Waals surface area (Å²) in [6, 6.07) is 7.33. The molecule has 2 rings (SSSR count). The number of nitrogens with one attached hydrogen (secondary N) is 2. The Labute approximate surface area is 226 Å². The first kappa shape index (κ1) is 31.1. The highest BCUT2D eigenvalue weighted by Crippen LogP contribution is 2.27. The Balaban J connectivity index is 2.13. The zero-order valence-corrected chi connectivity index (χ0v) is 22.9. The number of guanidine groups is 1. The predicted molar refractivity (Wildman–Crippen MR) is 149 cm³/mol. The van der Waals surface area contributed by atoms with Gasteiger partial charge in [-0.15, -0.1) is 0 Å². The number of esters is 1. The second kappa shape index (κ2) is 16.7. The number of carbonyl (C=O) groups is 3. The second-order valence-corrected chi connectivity index (χ2v) is 10.2. The molecular weight excluding hydrogens is 484 g/mol. The average molecular weight is 531 g/mol. The molecule has 1 aliphatic rings. The van der Waals surface area contributed by atoms with E-state index >= 15 is 0 Å². The highest BCUT2D eigenvalue weighted by atomic mass is 16.5. The van der Waals surface area contributed by atoms with Crippen LogP contribution in [0.3, 0.4) is 0 Å². The molecule has 38 heavy (non-hydrogen) atoms. The van der Waals surface area contributed by atoms with E-state index in [-0.39, 0.29) is 30.8 Å². The molecule has 212 valence electrons. The Kier molecular flexibility index (Phi) is 13.6. The minimum atomic E-state index is -0.890. The lowest BCUT2D eigenvalue weighted by Gasteiger charge is -2.27. The van der Waals surface area contributed by atoms with E-state index in [1.807, 2.05) is 37.3 Å². The lowest BCUT2D eigenvalue weighted by atomic mass is 9.84. The van der Waals surface area contributed by atoms with Crippen LogP contribution in [0.25, 0.3) is 0 Å². The SMILES string of the molecule is CCOC(=O)[C@H](CCCN=C(N)N)NC(=O)[C@H](CC(C)c1ccccc1)NC(=O)[C@H](N)CC1CCCCC1. The summed E-state index contributed by atoms with van der Waals surface area (Å²) in [7, 11) is 0. The van der Waals surface area contributed by atoms with E-state index in [1.54, 1.807) is 6.92 Å². The Morgan fingerprint density at radius 2 is 1.68 bits per heavy atom. The molecule has 1 aliphatic carbocycles. The molecule has 0 saturated heterocycles. The van der Waals surface area contributed by atoms with Crippen LogP contribution in [0.1, 0.15) is 83.1 Å². The van der Waals surface area contributed by atoms with Crippen molar-refractivity contribution in [3.05, 3.63) is 35.9 Å². The van der Waals surface area contributed by atoms with E-state index < -0.39 is 30.0 Å².